The van der Waals surface area contributed by atoms with E-state index in [4.69, 9.17) is 9.47 Å². The van der Waals surface area contributed by atoms with Crippen LogP contribution in [-0.4, -0.2) is 98.2 Å². The Morgan fingerprint density at radius 2 is 1.78 bits per heavy atom. The maximum Gasteiger partial charge on any atom is 0.407 e. The van der Waals surface area contributed by atoms with E-state index in [1.807, 2.05) is 12.1 Å². The fourth-order valence-electron chi connectivity index (χ4n) is 6.94. The molecular weight excluding hydrogens is 764 g/mol. The van der Waals surface area contributed by atoms with Gasteiger partial charge in [-0.3, -0.25) is 19.1 Å². The number of esters is 1. The number of ether oxygens (including phenoxy) is 3. The summed E-state index contributed by atoms with van der Waals surface area (Å²) in [5.74, 6) is -1.21. The van der Waals surface area contributed by atoms with Crippen LogP contribution >= 0.6 is 15.9 Å². The standard InChI is InChI=1S/C37H41BrN8O8/c1-19(2)31(42-36(51)53-6)35(50)54-18-37-12-27(34(49)43-33-23(17-52-5)8-10-29(38)41-33)46(28(37)13-37)30(48)16-45-26-9-7-22(24-14-39-21(4)40-15-24)11-25(26)32(44-45)20(3)47/h7-11,14-15,19,27-28,31H,12-13,16-18H2,1-6H3,(H,42,51)(H,41,43,49)/t27-,28+,31-,37-/m0/s1. The zero-order valence-corrected chi connectivity index (χ0v) is 32.3. The van der Waals surface area contributed by atoms with Gasteiger partial charge in [-0.1, -0.05) is 26.0 Å². The smallest absolute Gasteiger partial charge is 0.407 e. The number of nitrogens with one attached hydrogen (secondary N) is 2. The summed E-state index contributed by atoms with van der Waals surface area (Å²) in [7, 11) is 2.73. The van der Waals surface area contributed by atoms with Crippen molar-refractivity contribution in [1.29, 1.82) is 0 Å². The van der Waals surface area contributed by atoms with Gasteiger partial charge in [0.1, 0.15) is 40.6 Å². The highest BCUT2D eigenvalue weighted by Crippen LogP contribution is 2.60. The van der Waals surface area contributed by atoms with Crippen LogP contribution in [0.4, 0.5) is 10.6 Å². The van der Waals surface area contributed by atoms with E-state index in [0.29, 0.717) is 33.3 Å². The summed E-state index contributed by atoms with van der Waals surface area (Å²) in [6.45, 7) is 6.57. The highest BCUT2D eigenvalue weighted by atomic mass is 79.9. The molecule has 2 N–H and O–H groups in total. The van der Waals surface area contributed by atoms with Gasteiger partial charge in [-0.15, -0.1) is 0 Å². The molecule has 1 aromatic carbocycles. The number of nitrogens with zero attached hydrogens (tertiary/aromatic N) is 6. The first-order valence-corrected chi connectivity index (χ1v) is 18.1. The molecule has 0 unspecified atom stereocenters. The normalized spacial score (nSPS) is 19.3. The van der Waals surface area contributed by atoms with E-state index in [1.165, 1.54) is 30.7 Å². The number of fused-ring (bicyclic) bond motifs is 2. The molecule has 1 saturated heterocycles. The van der Waals surface area contributed by atoms with Crippen molar-refractivity contribution in [2.45, 2.75) is 71.8 Å². The number of halogens is 1. The Kier molecular flexibility index (Phi) is 11.1. The van der Waals surface area contributed by atoms with Gasteiger partial charge in [0.05, 0.1) is 25.8 Å². The number of pyridine rings is 1. The van der Waals surface area contributed by atoms with Gasteiger partial charge in [-0.05, 0) is 65.4 Å². The second-order valence-electron chi connectivity index (χ2n) is 13.9. The molecule has 16 nitrogen and oxygen atoms in total. The molecule has 6 rings (SSSR count). The number of rotatable bonds is 13. The van der Waals surface area contributed by atoms with E-state index in [-0.39, 0.29) is 49.4 Å². The number of carbonyl (C=O) groups excluding carboxylic acids is 5. The van der Waals surface area contributed by atoms with Gasteiger partial charge in [0.2, 0.25) is 11.8 Å². The molecule has 1 aliphatic carbocycles. The molecule has 17 heteroatoms. The van der Waals surface area contributed by atoms with Crippen LogP contribution in [0, 0.1) is 18.3 Å². The number of carbonyl (C=O) groups is 5. The highest BCUT2D eigenvalue weighted by Gasteiger charge is 2.68. The molecule has 54 heavy (non-hydrogen) atoms. The van der Waals surface area contributed by atoms with Crippen LogP contribution in [0.3, 0.4) is 0 Å². The van der Waals surface area contributed by atoms with Crippen molar-refractivity contribution in [2.24, 2.45) is 11.3 Å². The molecule has 4 aromatic rings. The van der Waals surface area contributed by atoms with E-state index in [2.05, 4.69) is 51.4 Å². The molecule has 0 radical (unpaired) electrons. The minimum Gasteiger partial charge on any atom is -0.463 e. The summed E-state index contributed by atoms with van der Waals surface area (Å²) >= 11 is 3.36. The number of Topliss-reactive ketones (excluding diaryl/α,β-unsaturated/α-hetero) is 1. The quantitative estimate of drug-likeness (QED) is 0.111. The monoisotopic (exact) mass is 804 g/mol. The van der Waals surface area contributed by atoms with Crippen LogP contribution < -0.4 is 10.6 Å². The number of anilines is 1. The lowest BCUT2D eigenvalue weighted by molar-refractivity contribution is -0.149. The number of hydrogen-bond acceptors (Lipinski definition) is 12. The number of alkyl carbamates (subject to hydrolysis) is 1. The predicted octanol–water partition coefficient (Wildman–Crippen LogP) is 4.23. The minimum absolute atomic E-state index is 0.0785. The average Bonchev–Trinajstić information content (AvgIpc) is 3.56. The summed E-state index contributed by atoms with van der Waals surface area (Å²) in [5, 5.41) is 10.5. The summed E-state index contributed by atoms with van der Waals surface area (Å²) in [6.07, 6.45) is 3.31. The van der Waals surface area contributed by atoms with Crippen molar-refractivity contribution in [3.05, 3.63) is 64.4 Å². The summed E-state index contributed by atoms with van der Waals surface area (Å²) in [5.41, 5.74) is 2.21. The third-order valence-electron chi connectivity index (χ3n) is 9.86. The number of methoxy groups -OCH3 is 2. The number of likely N-dealkylation sites (tertiary alicyclic amines) is 1. The van der Waals surface area contributed by atoms with Crippen molar-refractivity contribution in [2.75, 3.05) is 26.1 Å². The molecular formula is C37H41BrN8O8. The third-order valence-corrected chi connectivity index (χ3v) is 10.3. The van der Waals surface area contributed by atoms with Crippen LogP contribution in [-0.2, 0) is 41.7 Å². The molecule has 0 bridgehead atoms. The number of hydrogen-bond donors (Lipinski definition) is 2. The average molecular weight is 806 g/mol. The van der Waals surface area contributed by atoms with E-state index in [0.717, 1.165) is 11.1 Å². The SMILES string of the molecule is COCc1ccc(Br)nc1NC(=O)[C@@H]1C[C@@]2(COC(=O)[C@@H](NC(=O)OC)C(C)C)C[C@H]2N1C(=O)Cn1nc(C(C)=O)c2cc(-c3cnc(C)nc3)ccc21. The lowest BCUT2D eigenvalue weighted by atomic mass is 9.99. The lowest BCUT2D eigenvalue weighted by Gasteiger charge is -2.27. The Bertz CT molecular complexity index is 2120. The summed E-state index contributed by atoms with van der Waals surface area (Å²) in [6, 6.07) is 6.60. The highest BCUT2D eigenvalue weighted by molar-refractivity contribution is 9.10. The summed E-state index contributed by atoms with van der Waals surface area (Å²) < 4.78 is 17.7. The van der Waals surface area contributed by atoms with Crippen LogP contribution in [0.15, 0.2) is 47.3 Å². The lowest BCUT2D eigenvalue weighted by Crippen LogP contribution is -2.47. The van der Waals surface area contributed by atoms with Gasteiger partial charge < -0.3 is 29.7 Å². The van der Waals surface area contributed by atoms with Crippen molar-refractivity contribution < 1.29 is 38.2 Å². The number of aryl methyl sites for hydroxylation is 1. The first-order chi connectivity index (χ1) is 25.7. The largest absolute Gasteiger partial charge is 0.463 e. The van der Waals surface area contributed by atoms with Gasteiger partial charge >= 0.3 is 12.1 Å². The predicted molar refractivity (Wildman–Crippen MR) is 198 cm³/mol. The van der Waals surface area contributed by atoms with Gasteiger partial charge in [0.25, 0.3) is 0 Å². The van der Waals surface area contributed by atoms with E-state index in [9.17, 15) is 24.0 Å². The molecule has 2 aliphatic rings. The van der Waals surface area contributed by atoms with Gasteiger partial charge in [0, 0.05) is 54.4 Å². The first-order valence-electron chi connectivity index (χ1n) is 17.3. The van der Waals surface area contributed by atoms with Crippen LogP contribution in [0.2, 0.25) is 0 Å². The molecule has 4 heterocycles. The van der Waals surface area contributed by atoms with E-state index >= 15 is 0 Å². The zero-order chi connectivity index (χ0) is 38.9. The topological polar surface area (TPSA) is 197 Å². The van der Waals surface area contributed by atoms with Gasteiger partial charge in [0.15, 0.2) is 5.78 Å². The molecule has 0 spiro atoms. The van der Waals surface area contributed by atoms with Gasteiger partial charge in [-0.2, -0.15) is 5.10 Å². The first kappa shape index (κ1) is 38.4. The zero-order valence-electron chi connectivity index (χ0n) is 30.7. The van der Waals surface area contributed by atoms with Crippen LogP contribution in [0.5, 0.6) is 0 Å². The Labute approximate surface area is 319 Å². The molecule has 1 aliphatic heterocycles. The van der Waals surface area contributed by atoms with E-state index in [1.54, 1.807) is 51.4 Å². The fraction of sp³-hybridized carbons (Fsp3) is 0.432. The number of amides is 3. The third kappa shape index (κ3) is 7.82. The number of ketones is 1. The Morgan fingerprint density at radius 1 is 1.04 bits per heavy atom. The molecule has 284 valence electrons. The Morgan fingerprint density at radius 3 is 2.44 bits per heavy atom. The second kappa shape index (κ2) is 15.6. The van der Waals surface area contributed by atoms with Crippen molar-refractivity contribution in [3.8, 4) is 11.1 Å². The maximum atomic E-state index is 14.4. The summed E-state index contributed by atoms with van der Waals surface area (Å²) in [4.78, 5) is 80.9. The Balaban J connectivity index is 1.29. The van der Waals surface area contributed by atoms with Crippen molar-refractivity contribution >= 4 is 62.3 Å². The molecule has 1 saturated carbocycles. The number of benzene rings is 1. The number of piperidine rings is 1. The van der Waals surface area contributed by atoms with Crippen LogP contribution in [0.1, 0.15) is 55.5 Å². The number of aromatic nitrogens is 5. The molecule has 4 atom stereocenters. The van der Waals surface area contributed by atoms with Gasteiger partial charge in [-0.25, -0.2) is 24.5 Å². The van der Waals surface area contributed by atoms with Crippen molar-refractivity contribution in [1.82, 2.24) is 34.9 Å². The Hall–Kier alpha value is -5.29. The fourth-order valence-corrected chi connectivity index (χ4v) is 7.25. The second-order valence-corrected chi connectivity index (χ2v) is 14.8. The maximum absolute atomic E-state index is 14.4. The minimum atomic E-state index is -0.964. The molecule has 2 fully saturated rings. The molecule has 3 amide bonds. The molecule has 3 aromatic heterocycles. The van der Waals surface area contributed by atoms with E-state index < -0.39 is 47.4 Å². The van der Waals surface area contributed by atoms with Crippen LogP contribution in [0.25, 0.3) is 22.0 Å². The van der Waals surface area contributed by atoms with Crippen molar-refractivity contribution in [3.63, 3.8) is 0 Å².